The van der Waals surface area contributed by atoms with Gasteiger partial charge in [-0.05, 0) is 31.0 Å². The normalized spacial score (nSPS) is 19.2. The second-order valence-electron chi connectivity index (χ2n) is 6.38. The van der Waals surface area contributed by atoms with Gasteiger partial charge in [-0.1, -0.05) is 18.9 Å². The van der Waals surface area contributed by atoms with Crippen LogP contribution in [0.5, 0.6) is 5.75 Å². The molecule has 0 spiro atoms. The fraction of sp³-hybridized carbons (Fsp3) is 0.562. The summed E-state index contributed by atoms with van der Waals surface area (Å²) in [6.07, 6.45) is 3.76. The lowest BCUT2D eigenvalue weighted by molar-refractivity contribution is -0.0499. The van der Waals surface area contributed by atoms with Crippen LogP contribution in [0.25, 0.3) is 0 Å². The molecular formula is C16H20F2N2O4S. The SMILES string of the molecule is O=C(c1cccc(OC(F)F)c1)N1CC(S(=O)(=O)NC2CCCC2)C1. The average molecular weight is 374 g/mol. The molecule has 1 amide bonds. The molecule has 1 aliphatic carbocycles. The number of amides is 1. The van der Waals surface area contributed by atoms with Crippen LogP contribution < -0.4 is 9.46 Å². The van der Waals surface area contributed by atoms with Crippen molar-refractivity contribution < 1.29 is 26.7 Å². The first-order valence-electron chi connectivity index (χ1n) is 8.20. The summed E-state index contributed by atoms with van der Waals surface area (Å²) in [4.78, 5) is 13.7. The molecule has 25 heavy (non-hydrogen) atoms. The van der Waals surface area contributed by atoms with Crippen molar-refractivity contribution in [3.8, 4) is 5.75 Å². The van der Waals surface area contributed by atoms with Crippen LogP contribution in [-0.2, 0) is 10.0 Å². The second-order valence-corrected chi connectivity index (χ2v) is 8.38. The summed E-state index contributed by atoms with van der Waals surface area (Å²) in [7, 11) is -3.45. The van der Waals surface area contributed by atoms with Crippen LogP contribution in [0.2, 0.25) is 0 Å². The number of nitrogens with one attached hydrogen (secondary N) is 1. The van der Waals surface area contributed by atoms with Crippen LogP contribution >= 0.6 is 0 Å². The highest BCUT2D eigenvalue weighted by molar-refractivity contribution is 7.90. The molecule has 1 aromatic carbocycles. The third-order valence-electron chi connectivity index (χ3n) is 4.57. The largest absolute Gasteiger partial charge is 0.435 e. The third-order valence-corrected chi connectivity index (χ3v) is 6.40. The Bertz CT molecular complexity index is 729. The van der Waals surface area contributed by atoms with Gasteiger partial charge in [-0.2, -0.15) is 8.78 Å². The Kier molecular flexibility index (Phi) is 5.24. The lowest BCUT2D eigenvalue weighted by Crippen LogP contribution is -2.60. The maximum absolute atomic E-state index is 12.3. The Balaban J connectivity index is 1.57. The molecule has 0 unspecified atom stereocenters. The predicted octanol–water partition coefficient (Wildman–Crippen LogP) is 1.97. The molecule has 0 atom stereocenters. The number of sulfonamides is 1. The molecule has 1 N–H and O–H groups in total. The molecule has 0 bridgehead atoms. The number of benzene rings is 1. The molecule has 0 radical (unpaired) electrons. The van der Waals surface area contributed by atoms with Gasteiger partial charge in [-0.15, -0.1) is 0 Å². The van der Waals surface area contributed by atoms with Gasteiger partial charge in [0.2, 0.25) is 10.0 Å². The van der Waals surface area contributed by atoms with E-state index in [0.717, 1.165) is 25.7 Å². The molecule has 1 heterocycles. The van der Waals surface area contributed by atoms with E-state index in [2.05, 4.69) is 9.46 Å². The van der Waals surface area contributed by atoms with Gasteiger partial charge in [0.1, 0.15) is 11.0 Å². The van der Waals surface area contributed by atoms with Crippen molar-refractivity contribution in [2.75, 3.05) is 13.1 Å². The van der Waals surface area contributed by atoms with E-state index in [1.54, 1.807) is 0 Å². The van der Waals surface area contributed by atoms with E-state index < -0.39 is 27.8 Å². The highest BCUT2D eigenvalue weighted by atomic mass is 32.2. The Morgan fingerprint density at radius 3 is 2.56 bits per heavy atom. The molecular weight excluding hydrogens is 354 g/mol. The Labute approximate surface area is 145 Å². The van der Waals surface area contributed by atoms with E-state index >= 15 is 0 Å². The lowest BCUT2D eigenvalue weighted by Gasteiger charge is -2.39. The monoisotopic (exact) mass is 374 g/mol. The van der Waals surface area contributed by atoms with Crippen LogP contribution in [-0.4, -0.2) is 50.2 Å². The van der Waals surface area contributed by atoms with Crippen molar-refractivity contribution in [2.45, 2.75) is 43.6 Å². The number of ether oxygens (including phenoxy) is 1. The van der Waals surface area contributed by atoms with Crippen LogP contribution in [0.15, 0.2) is 24.3 Å². The first kappa shape index (κ1) is 18.1. The number of hydrogen-bond acceptors (Lipinski definition) is 4. The maximum atomic E-state index is 12.3. The quantitative estimate of drug-likeness (QED) is 0.826. The minimum atomic E-state index is -3.45. The van der Waals surface area contributed by atoms with Gasteiger partial charge in [0, 0.05) is 24.7 Å². The van der Waals surface area contributed by atoms with Crippen molar-refractivity contribution in [3.05, 3.63) is 29.8 Å². The first-order valence-corrected chi connectivity index (χ1v) is 9.75. The van der Waals surface area contributed by atoms with E-state index in [1.165, 1.54) is 29.2 Å². The highest BCUT2D eigenvalue weighted by Crippen LogP contribution is 2.24. The van der Waals surface area contributed by atoms with Gasteiger partial charge in [-0.25, -0.2) is 13.1 Å². The predicted molar refractivity (Wildman–Crippen MR) is 87.1 cm³/mol. The smallest absolute Gasteiger partial charge is 0.387 e. The van der Waals surface area contributed by atoms with Crippen molar-refractivity contribution in [3.63, 3.8) is 0 Å². The van der Waals surface area contributed by atoms with Crippen molar-refractivity contribution >= 4 is 15.9 Å². The van der Waals surface area contributed by atoms with E-state index in [0.29, 0.717) is 0 Å². The molecule has 9 heteroatoms. The van der Waals surface area contributed by atoms with E-state index in [9.17, 15) is 22.0 Å². The third kappa shape index (κ3) is 4.27. The number of carbonyl (C=O) groups excluding carboxylic acids is 1. The fourth-order valence-corrected chi connectivity index (χ4v) is 4.81. The number of carbonyl (C=O) groups is 1. The van der Waals surface area contributed by atoms with Gasteiger partial charge < -0.3 is 9.64 Å². The molecule has 3 rings (SSSR count). The minimum Gasteiger partial charge on any atom is -0.435 e. The van der Waals surface area contributed by atoms with Crippen LogP contribution in [0.3, 0.4) is 0 Å². The number of nitrogens with zero attached hydrogens (tertiary/aromatic N) is 1. The Morgan fingerprint density at radius 1 is 1.24 bits per heavy atom. The molecule has 1 saturated carbocycles. The van der Waals surface area contributed by atoms with Crippen LogP contribution in [0, 0.1) is 0 Å². The summed E-state index contributed by atoms with van der Waals surface area (Å²) in [5.74, 6) is -0.500. The van der Waals surface area contributed by atoms with E-state index in [4.69, 9.17) is 0 Å². The average Bonchev–Trinajstić information content (AvgIpc) is 2.97. The van der Waals surface area contributed by atoms with E-state index in [-0.39, 0.29) is 30.4 Å². The fourth-order valence-electron chi connectivity index (χ4n) is 3.16. The zero-order valence-corrected chi connectivity index (χ0v) is 14.3. The van der Waals surface area contributed by atoms with Gasteiger partial charge in [0.25, 0.3) is 5.91 Å². The number of halogens is 2. The summed E-state index contributed by atoms with van der Waals surface area (Å²) in [5, 5.41) is -0.627. The molecule has 1 aromatic rings. The molecule has 2 aliphatic rings. The molecule has 1 aliphatic heterocycles. The number of rotatable bonds is 6. The summed E-state index contributed by atoms with van der Waals surface area (Å²) < 4.78 is 56.1. The maximum Gasteiger partial charge on any atom is 0.387 e. The summed E-state index contributed by atoms with van der Waals surface area (Å²) in [6.45, 7) is -2.77. The van der Waals surface area contributed by atoms with Crippen molar-refractivity contribution in [1.82, 2.24) is 9.62 Å². The Hall–Kier alpha value is -1.74. The summed E-state index contributed by atoms with van der Waals surface area (Å²) in [6, 6.07) is 5.49. The van der Waals surface area contributed by atoms with Gasteiger partial charge in [0.15, 0.2) is 0 Å². The Morgan fingerprint density at radius 2 is 1.92 bits per heavy atom. The molecule has 6 nitrogen and oxygen atoms in total. The van der Waals surface area contributed by atoms with Gasteiger partial charge in [0.05, 0.1) is 0 Å². The second kappa shape index (κ2) is 7.25. The highest BCUT2D eigenvalue weighted by Gasteiger charge is 2.41. The van der Waals surface area contributed by atoms with Crippen molar-refractivity contribution in [2.24, 2.45) is 0 Å². The van der Waals surface area contributed by atoms with Crippen LogP contribution in [0.4, 0.5) is 8.78 Å². The van der Waals surface area contributed by atoms with E-state index in [1.807, 2.05) is 0 Å². The summed E-state index contributed by atoms with van der Waals surface area (Å²) in [5.41, 5.74) is 0.192. The number of hydrogen-bond donors (Lipinski definition) is 1. The topological polar surface area (TPSA) is 75.7 Å². The van der Waals surface area contributed by atoms with Crippen LogP contribution in [0.1, 0.15) is 36.0 Å². The molecule has 1 saturated heterocycles. The standard InChI is InChI=1S/C16H20F2N2O4S/c17-16(18)24-13-7-3-4-11(8-13)15(21)20-9-14(10-20)25(22,23)19-12-5-1-2-6-12/h3-4,7-8,12,14,16,19H,1-2,5-6,9-10H2. The summed E-state index contributed by atoms with van der Waals surface area (Å²) >= 11 is 0. The van der Waals surface area contributed by atoms with Gasteiger partial charge >= 0.3 is 6.61 Å². The van der Waals surface area contributed by atoms with Crippen molar-refractivity contribution in [1.29, 1.82) is 0 Å². The minimum absolute atomic E-state index is 0.00192. The lowest BCUT2D eigenvalue weighted by atomic mass is 10.1. The first-order chi connectivity index (χ1) is 11.8. The molecule has 2 fully saturated rings. The number of alkyl halides is 2. The number of likely N-dealkylation sites (tertiary alicyclic amines) is 1. The van der Waals surface area contributed by atoms with Gasteiger partial charge in [-0.3, -0.25) is 4.79 Å². The zero-order chi connectivity index (χ0) is 18.0. The molecule has 138 valence electrons. The molecule has 0 aromatic heterocycles. The zero-order valence-electron chi connectivity index (χ0n) is 13.5.